The van der Waals surface area contributed by atoms with Crippen LogP contribution in [0.25, 0.3) is 11.8 Å². The van der Waals surface area contributed by atoms with Crippen molar-refractivity contribution in [3.8, 4) is 11.5 Å². The molecule has 10 heteroatoms. The van der Waals surface area contributed by atoms with Crippen LogP contribution in [0.3, 0.4) is 0 Å². The molecule has 0 bridgehead atoms. The highest BCUT2D eigenvalue weighted by atomic mass is 35.5. The maximum Gasteiger partial charge on any atom is 0.280 e. The summed E-state index contributed by atoms with van der Waals surface area (Å²) in [4.78, 5) is 30.8. The first-order chi connectivity index (χ1) is 18.5. The highest BCUT2D eigenvalue weighted by Gasteiger charge is 2.33. The van der Waals surface area contributed by atoms with Crippen molar-refractivity contribution < 1.29 is 14.4 Å². The molecule has 7 rings (SSSR count). The number of rotatable bonds is 3. The van der Waals surface area contributed by atoms with E-state index in [-0.39, 0.29) is 23.6 Å². The lowest BCUT2D eigenvalue weighted by molar-refractivity contribution is -0.385. The molecule has 1 aliphatic carbocycles. The zero-order valence-electron chi connectivity index (χ0n) is 19.7. The number of thiazole rings is 1. The molecule has 0 N–H and O–H groups in total. The van der Waals surface area contributed by atoms with E-state index in [1.165, 1.54) is 35.1 Å². The van der Waals surface area contributed by atoms with Gasteiger partial charge in [-0.05, 0) is 47.8 Å². The molecule has 0 unspecified atom stereocenters. The highest BCUT2D eigenvalue weighted by molar-refractivity contribution is 7.07. The predicted molar refractivity (Wildman–Crippen MR) is 143 cm³/mol. The molecule has 1 aromatic heterocycles. The summed E-state index contributed by atoms with van der Waals surface area (Å²) < 4.78 is 12.7. The molecule has 3 heterocycles. The number of nitro benzene ring substituents is 1. The van der Waals surface area contributed by atoms with Gasteiger partial charge in [0.1, 0.15) is 0 Å². The third kappa shape index (κ3) is 3.50. The van der Waals surface area contributed by atoms with Gasteiger partial charge in [-0.2, -0.15) is 0 Å². The fourth-order valence-electron chi connectivity index (χ4n) is 5.36. The molecule has 38 heavy (non-hydrogen) atoms. The molecule has 8 nitrogen and oxygen atoms in total. The van der Waals surface area contributed by atoms with E-state index in [4.69, 9.17) is 26.1 Å². The van der Waals surface area contributed by atoms with Gasteiger partial charge in [0, 0.05) is 10.6 Å². The predicted octanol–water partition coefficient (Wildman–Crippen LogP) is 4.61. The third-order valence-electron chi connectivity index (χ3n) is 7.08. The summed E-state index contributed by atoms with van der Waals surface area (Å²) in [6.45, 7) is -0.0109. The smallest absolute Gasteiger partial charge is 0.280 e. The zero-order chi connectivity index (χ0) is 26.0. The summed E-state index contributed by atoms with van der Waals surface area (Å²) in [5.41, 5.74) is 4.78. The summed E-state index contributed by atoms with van der Waals surface area (Å²) in [6, 6.07) is 18.1. The minimum Gasteiger partial charge on any atom is -0.454 e. The molecule has 1 atom stereocenters. The van der Waals surface area contributed by atoms with Crippen molar-refractivity contribution in [2.24, 2.45) is 4.99 Å². The average Bonchev–Trinajstić information content (AvgIpc) is 3.51. The molecule has 0 fully saturated rings. The number of aromatic nitrogens is 1. The van der Waals surface area contributed by atoms with Gasteiger partial charge in [0.25, 0.3) is 11.2 Å². The van der Waals surface area contributed by atoms with Crippen LogP contribution < -0.4 is 24.4 Å². The van der Waals surface area contributed by atoms with Crippen LogP contribution in [0.15, 0.2) is 76.0 Å². The van der Waals surface area contributed by atoms with Crippen molar-refractivity contribution in [1.82, 2.24) is 4.57 Å². The fourth-order valence-corrected chi connectivity index (χ4v) is 6.59. The first-order valence-corrected chi connectivity index (χ1v) is 13.1. The van der Waals surface area contributed by atoms with Crippen LogP contribution in [0.4, 0.5) is 5.69 Å². The Morgan fingerprint density at radius 3 is 2.66 bits per heavy atom. The second-order valence-corrected chi connectivity index (χ2v) is 10.6. The van der Waals surface area contributed by atoms with E-state index < -0.39 is 11.0 Å². The molecule has 0 spiro atoms. The molecule has 0 saturated carbocycles. The summed E-state index contributed by atoms with van der Waals surface area (Å²) in [5.74, 6) is 0.705. The SMILES string of the molecule is O=c1/c(=C\c2cc3c(cc2[N+](=O)[O-])OCO3)sc2n1[C@@H](c1ccccc1Cl)C1=C(N=2)c2ccccc2CC1. The van der Waals surface area contributed by atoms with Gasteiger partial charge >= 0.3 is 0 Å². The van der Waals surface area contributed by atoms with Crippen molar-refractivity contribution in [3.63, 3.8) is 0 Å². The lowest BCUT2D eigenvalue weighted by atomic mass is 9.83. The van der Waals surface area contributed by atoms with E-state index in [1.807, 2.05) is 36.4 Å². The summed E-state index contributed by atoms with van der Waals surface area (Å²) in [7, 11) is 0. The number of benzene rings is 3. The molecule has 3 aliphatic rings. The van der Waals surface area contributed by atoms with Crippen LogP contribution in [-0.4, -0.2) is 16.3 Å². The van der Waals surface area contributed by atoms with Crippen LogP contribution in [0.1, 0.15) is 34.7 Å². The van der Waals surface area contributed by atoms with Crippen molar-refractivity contribution in [2.75, 3.05) is 6.79 Å². The maximum absolute atomic E-state index is 13.9. The van der Waals surface area contributed by atoms with Crippen LogP contribution in [0.2, 0.25) is 5.02 Å². The van der Waals surface area contributed by atoms with Crippen LogP contribution in [0, 0.1) is 10.1 Å². The molecule has 2 aliphatic heterocycles. The summed E-state index contributed by atoms with van der Waals surface area (Å²) in [6.07, 6.45) is 3.10. The van der Waals surface area contributed by atoms with E-state index in [0.717, 1.165) is 35.2 Å². The fraction of sp³-hybridized carbons (Fsp3) is 0.143. The van der Waals surface area contributed by atoms with Gasteiger partial charge in [-0.1, -0.05) is 65.4 Å². The van der Waals surface area contributed by atoms with Crippen molar-refractivity contribution >= 4 is 40.4 Å². The molecule has 0 saturated heterocycles. The number of hydrogen-bond acceptors (Lipinski definition) is 7. The molecular formula is C28H18ClN3O5S. The van der Waals surface area contributed by atoms with Gasteiger partial charge in [0.05, 0.1) is 32.8 Å². The number of hydrogen-bond donors (Lipinski definition) is 0. The normalized spacial score (nSPS) is 17.5. The van der Waals surface area contributed by atoms with Crippen molar-refractivity contribution in [3.05, 3.63) is 123 Å². The molecule has 4 aromatic rings. The molecule has 188 valence electrons. The molecular weight excluding hydrogens is 526 g/mol. The Bertz CT molecular complexity index is 1890. The van der Waals surface area contributed by atoms with Gasteiger partial charge in [-0.15, -0.1) is 0 Å². The Morgan fingerprint density at radius 1 is 1.08 bits per heavy atom. The second kappa shape index (κ2) is 8.68. The standard InChI is InChI=1S/C28H18ClN3O5S/c29-20-8-4-3-7-18(20)26-19-10-9-15-5-1-2-6-17(15)25(19)30-28-31(26)27(33)24(38-28)12-16-11-22-23(37-14-36-22)13-21(16)32(34)35/h1-8,11-13,26H,9-10,14H2/b24-12+/t26-/m0/s1. The number of nitro groups is 1. The van der Waals surface area contributed by atoms with Gasteiger partial charge in [-0.3, -0.25) is 19.5 Å². The quantitative estimate of drug-likeness (QED) is 0.278. The second-order valence-electron chi connectivity index (χ2n) is 9.16. The Kier molecular flexibility index (Phi) is 5.24. The van der Waals surface area contributed by atoms with E-state index in [1.54, 1.807) is 4.57 Å². The Morgan fingerprint density at radius 2 is 1.84 bits per heavy atom. The number of aryl methyl sites for hydroxylation is 1. The number of ether oxygens (including phenoxy) is 2. The van der Waals surface area contributed by atoms with E-state index in [9.17, 15) is 14.9 Å². The van der Waals surface area contributed by atoms with E-state index in [2.05, 4.69) is 12.1 Å². The maximum atomic E-state index is 13.9. The Labute approximate surface area is 224 Å². The van der Waals surface area contributed by atoms with Crippen molar-refractivity contribution in [2.45, 2.75) is 18.9 Å². The lowest BCUT2D eigenvalue weighted by Crippen LogP contribution is -2.38. The summed E-state index contributed by atoms with van der Waals surface area (Å²) >= 11 is 7.88. The third-order valence-corrected chi connectivity index (χ3v) is 8.41. The van der Waals surface area contributed by atoms with E-state index >= 15 is 0 Å². The van der Waals surface area contributed by atoms with Gasteiger partial charge in [0.15, 0.2) is 16.3 Å². The topological polar surface area (TPSA) is 96.0 Å². The van der Waals surface area contributed by atoms with Gasteiger partial charge in [-0.25, -0.2) is 4.99 Å². The number of allylic oxidation sites excluding steroid dienone is 1. The number of nitrogens with zero attached hydrogens (tertiary/aromatic N) is 3. The monoisotopic (exact) mass is 543 g/mol. The first kappa shape index (κ1) is 22.9. The van der Waals surface area contributed by atoms with Gasteiger partial charge < -0.3 is 9.47 Å². The van der Waals surface area contributed by atoms with Crippen LogP contribution in [0.5, 0.6) is 11.5 Å². The Hall–Kier alpha value is -4.21. The van der Waals surface area contributed by atoms with Gasteiger partial charge in [0.2, 0.25) is 6.79 Å². The largest absolute Gasteiger partial charge is 0.454 e. The molecule has 3 aromatic carbocycles. The lowest BCUT2D eigenvalue weighted by Gasteiger charge is -2.31. The van der Waals surface area contributed by atoms with Crippen LogP contribution in [-0.2, 0) is 6.42 Å². The highest BCUT2D eigenvalue weighted by Crippen LogP contribution is 2.43. The molecule has 0 radical (unpaired) electrons. The number of fused-ring (bicyclic) bond motifs is 4. The summed E-state index contributed by atoms with van der Waals surface area (Å²) in [5, 5.41) is 12.4. The Balaban J connectivity index is 1.50. The average molecular weight is 544 g/mol. The first-order valence-electron chi connectivity index (χ1n) is 11.9. The van der Waals surface area contributed by atoms with Crippen molar-refractivity contribution in [1.29, 1.82) is 0 Å². The minimum atomic E-state index is -0.493. The minimum absolute atomic E-state index is 0.0109. The zero-order valence-corrected chi connectivity index (χ0v) is 21.3. The molecule has 0 amide bonds. The van der Waals surface area contributed by atoms with Crippen LogP contribution >= 0.6 is 22.9 Å². The van der Waals surface area contributed by atoms with E-state index in [0.29, 0.717) is 25.9 Å². The number of halogens is 1.